The number of aliphatic hydroxyl groups excluding tert-OH is 4. The van der Waals surface area contributed by atoms with E-state index in [4.69, 9.17) is 32.4 Å². The Balaban J connectivity index is 3.30. The average molecular weight is 363 g/mol. The fourth-order valence-electron chi connectivity index (χ4n) is 2.09. The number of alkyl halides is 2. The Bertz CT molecular complexity index is 387. The molecule has 4 N–H and O–H groups in total. The van der Waals surface area contributed by atoms with Crippen LogP contribution >= 0.6 is 23.2 Å². The number of aliphatic hydroxyl groups is 4. The highest BCUT2D eigenvalue weighted by atomic mass is 35.5. The first-order valence-corrected chi connectivity index (χ1v) is 10.6. The van der Waals surface area contributed by atoms with Gasteiger partial charge in [0, 0.05) is 0 Å². The van der Waals surface area contributed by atoms with E-state index >= 15 is 0 Å². The molecule has 0 spiro atoms. The number of carbonyl (C=O) groups is 1. The second kappa shape index (κ2) is 6.77. The number of carbonyl (C=O) groups excluding carboxylic acids is 1. The molecule has 1 aliphatic rings. The summed E-state index contributed by atoms with van der Waals surface area (Å²) in [6.07, 6.45) is -6.56. The van der Waals surface area contributed by atoms with Gasteiger partial charge in [-0.05, 0) is 19.6 Å². The van der Waals surface area contributed by atoms with Crippen molar-refractivity contribution in [2.24, 2.45) is 0 Å². The van der Waals surface area contributed by atoms with Crippen molar-refractivity contribution >= 4 is 37.3 Å². The first-order chi connectivity index (χ1) is 9.46. The van der Waals surface area contributed by atoms with E-state index in [2.05, 4.69) is 0 Å². The van der Waals surface area contributed by atoms with Gasteiger partial charge >= 0.3 is 0 Å². The molecule has 0 saturated carbocycles. The van der Waals surface area contributed by atoms with Gasteiger partial charge in [0.15, 0.2) is 13.2 Å². The van der Waals surface area contributed by atoms with Gasteiger partial charge in [0.25, 0.3) is 5.79 Å². The molecule has 0 radical (unpaired) electrons. The molecule has 0 amide bonds. The van der Waals surface area contributed by atoms with Crippen LogP contribution in [0.1, 0.15) is 0 Å². The normalized spacial score (nSPS) is 37.8. The van der Waals surface area contributed by atoms with Crippen molar-refractivity contribution in [3.8, 4) is 0 Å². The lowest BCUT2D eigenvalue weighted by atomic mass is 9.90. The van der Waals surface area contributed by atoms with Crippen LogP contribution in [-0.2, 0) is 14.0 Å². The lowest BCUT2D eigenvalue weighted by Gasteiger charge is -2.49. The van der Waals surface area contributed by atoms with Crippen LogP contribution in [0.15, 0.2) is 0 Å². The Morgan fingerprint density at radius 1 is 1.29 bits per heavy atom. The molecule has 0 aromatic rings. The second-order valence-corrected chi connectivity index (χ2v) is 11.3. The largest absolute Gasteiger partial charge is 0.394 e. The molecule has 1 saturated heterocycles. The molecule has 0 aromatic carbocycles. The summed E-state index contributed by atoms with van der Waals surface area (Å²) in [4.78, 5) is 10.7. The van der Waals surface area contributed by atoms with Crippen LogP contribution in [0.4, 0.5) is 0 Å². The van der Waals surface area contributed by atoms with Crippen LogP contribution in [0.2, 0.25) is 19.6 Å². The quantitative estimate of drug-likeness (QED) is 0.380. The summed E-state index contributed by atoms with van der Waals surface area (Å²) in [7, 11) is -2.46. The van der Waals surface area contributed by atoms with Crippen LogP contribution < -0.4 is 0 Å². The molecule has 0 unspecified atom stereocenters. The molecule has 1 aliphatic heterocycles. The Kier molecular flexibility index (Phi) is 6.22. The van der Waals surface area contributed by atoms with Crippen LogP contribution in [-0.4, -0.2) is 76.2 Å². The van der Waals surface area contributed by atoms with E-state index in [1.54, 1.807) is 19.6 Å². The van der Waals surface area contributed by atoms with Crippen molar-refractivity contribution < 1.29 is 34.4 Å². The molecule has 0 bridgehead atoms. The van der Waals surface area contributed by atoms with Crippen molar-refractivity contribution in [1.29, 1.82) is 0 Å². The molecule has 21 heavy (non-hydrogen) atoms. The molecule has 0 aliphatic carbocycles. The van der Waals surface area contributed by atoms with Crippen LogP contribution in [0.5, 0.6) is 0 Å². The number of hydrogen-bond donors (Lipinski definition) is 4. The Labute approximate surface area is 133 Å². The van der Waals surface area contributed by atoms with E-state index in [9.17, 15) is 25.2 Å². The van der Waals surface area contributed by atoms with E-state index in [-0.39, 0.29) is 0 Å². The van der Waals surface area contributed by atoms with Crippen molar-refractivity contribution in [3.63, 3.8) is 0 Å². The first kappa shape index (κ1) is 19.3. The third-order valence-corrected chi connectivity index (χ3v) is 4.26. The summed E-state index contributed by atoms with van der Waals surface area (Å²) < 4.78 is 10.9. The van der Waals surface area contributed by atoms with Gasteiger partial charge in [-0.1, -0.05) is 23.2 Å². The zero-order valence-electron chi connectivity index (χ0n) is 11.9. The molecule has 5 atom stereocenters. The highest BCUT2D eigenvalue weighted by Crippen LogP contribution is 2.36. The zero-order chi connectivity index (χ0) is 16.6. The summed E-state index contributed by atoms with van der Waals surface area (Å²) in [6, 6.07) is 0. The molecule has 1 heterocycles. The average Bonchev–Trinajstić information content (AvgIpc) is 2.37. The number of hydrogen-bond acceptors (Lipinski definition) is 7. The Hall–Kier alpha value is 0.227. The first-order valence-electron chi connectivity index (χ1n) is 6.32. The molecule has 7 nitrogen and oxygen atoms in total. The van der Waals surface area contributed by atoms with E-state index in [1.807, 2.05) is 0 Å². The Morgan fingerprint density at radius 2 is 1.81 bits per heavy atom. The van der Waals surface area contributed by atoms with Gasteiger partial charge in [0.05, 0.1) is 6.61 Å². The third kappa shape index (κ3) is 3.95. The lowest BCUT2D eigenvalue weighted by Crippen LogP contribution is -2.71. The van der Waals surface area contributed by atoms with Gasteiger partial charge in [-0.25, -0.2) is 0 Å². The van der Waals surface area contributed by atoms with Crippen molar-refractivity contribution in [3.05, 3.63) is 0 Å². The maximum Gasteiger partial charge on any atom is 0.252 e. The maximum atomic E-state index is 12.3. The topological polar surface area (TPSA) is 116 Å². The van der Waals surface area contributed by atoms with Crippen LogP contribution in [0.25, 0.3) is 0 Å². The van der Waals surface area contributed by atoms with Gasteiger partial charge < -0.3 is 29.6 Å². The van der Waals surface area contributed by atoms with E-state index in [0.29, 0.717) is 0 Å². The SMILES string of the molecule is C[Si](C)(C)O[C@]1(C(=O)C(Cl)Cl)O[C@H](CO)[C@@H](O)[C@H](O)[C@H]1O. The van der Waals surface area contributed by atoms with Crippen molar-refractivity contribution in [1.82, 2.24) is 0 Å². The van der Waals surface area contributed by atoms with Gasteiger partial charge in [-0.2, -0.15) is 0 Å². The predicted octanol–water partition coefficient (Wildman–Crippen LogP) is -0.619. The number of halogens is 2. The lowest BCUT2D eigenvalue weighted by molar-refractivity contribution is -0.323. The molecule has 1 rings (SSSR count). The number of ether oxygens (including phenoxy) is 1. The molecular formula is C11H20Cl2O7Si. The summed E-state index contributed by atoms with van der Waals surface area (Å²) in [5.74, 6) is -3.32. The third-order valence-electron chi connectivity index (χ3n) is 2.95. The smallest absolute Gasteiger partial charge is 0.252 e. The molecule has 10 heteroatoms. The molecule has 124 valence electrons. The standard InChI is InChI=1S/C11H20Cl2O7Si/c1-21(2,3)20-11(9(18)10(12)13)8(17)7(16)6(15)5(4-14)19-11/h5-8,10,14-17H,4H2,1-3H3/t5-,6-,7+,8-,11-/m1/s1. The summed E-state index contributed by atoms with van der Waals surface area (Å²) >= 11 is 11.1. The highest BCUT2D eigenvalue weighted by Gasteiger charge is 2.61. The van der Waals surface area contributed by atoms with E-state index in [0.717, 1.165) is 0 Å². The number of rotatable bonds is 5. The van der Waals surface area contributed by atoms with Gasteiger partial charge in [-0.3, -0.25) is 4.79 Å². The van der Waals surface area contributed by atoms with Gasteiger partial charge in [-0.15, -0.1) is 0 Å². The predicted molar refractivity (Wildman–Crippen MR) is 77.6 cm³/mol. The number of ketones is 1. The van der Waals surface area contributed by atoms with Gasteiger partial charge in [0.1, 0.15) is 24.4 Å². The minimum atomic E-state index is -2.46. The monoisotopic (exact) mass is 362 g/mol. The van der Waals surface area contributed by atoms with Crippen LogP contribution in [0, 0.1) is 0 Å². The fraction of sp³-hybridized carbons (Fsp3) is 0.909. The zero-order valence-corrected chi connectivity index (χ0v) is 14.4. The number of Topliss-reactive ketones (excluding diaryl/α,β-unsaturated/α-hetero) is 1. The molecule has 0 aromatic heterocycles. The van der Waals surface area contributed by atoms with Crippen molar-refractivity contribution in [2.75, 3.05) is 6.61 Å². The van der Waals surface area contributed by atoms with Gasteiger partial charge in [0.2, 0.25) is 5.78 Å². The van der Waals surface area contributed by atoms with E-state index < -0.39 is 55.7 Å². The van der Waals surface area contributed by atoms with E-state index in [1.165, 1.54) is 0 Å². The summed E-state index contributed by atoms with van der Waals surface area (Å²) in [5.41, 5.74) is 0. The summed E-state index contributed by atoms with van der Waals surface area (Å²) in [5, 5.41) is 39.1. The summed E-state index contributed by atoms with van der Waals surface area (Å²) in [6.45, 7) is 4.48. The van der Waals surface area contributed by atoms with Crippen molar-refractivity contribution in [2.45, 2.75) is 54.7 Å². The molecular weight excluding hydrogens is 343 g/mol. The minimum Gasteiger partial charge on any atom is -0.394 e. The van der Waals surface area contributed by atoms with Crippen LogP contribution in [0.3, 0.4) is 0 Å². The maximum absolute atomic E-state index is 12.3. The Morgan fingerprint density at radius 3 is 2.19 bits per heavy atom. The minimum absolute atomic E-state index is 0.690. The molecule has 1 fully saturated rings. The second-order valence-electron chi connectivity index (χ2n) is 5.81. The fourth-order valence-corrected chi connectivity index (χ4v) is 3.57. The highest BCUT2D eigenvalue weighted by molar-refractivity contribution is 6.70.